The van der Waals surface area contributed by atoms with Gasteiger partial charge in [-0.3, -0.25) is 14.5 Å². The largest absolute Gasteiger partial charge is 0.507 e. The number of hydrogen-bond acceptors (Lipinski definition) is 9. The molecule has 1 amide bonds. The van der Waals surface area contributed by atoms with Gasteiger partial charge in [0.2, 0.25) is 5.13 Å². The maximum Gasteiger partial charge on any atom is 0.301 e. The molecule has 2 atom stereocenters. The molecule has 2 unspecified atom stereocenters. The highest BCUT2D eigenvalue weighted by Gasteiger charge is 2.48. The fraction of sp³-hybridized carbons (Fsp3) is 0.167. The first-order chi connectivity index (χ1) is 22.9. The van der Waals surface area contributed by atoms with Crippen LogP contribution < -0.4 is 14.4 Å². The van der Waals surface area contributed by atoms with Crippen molar-refractivity contribution in [2.24, 2.45) is 0 Å². The monoisotopic (exact) mass is 665 g/mol. The molecule has 0 radical (unpaired) electrons. The molecule has 0 saturated carbocycles. The number of aliphatic hydroxyl groups is 1. The summed E-state index contributed by atoms with van der Waals surface area (Å²) in [6.45, 7) is 2.33. The zero-order chi connectivity index (χ0) is 32.5. The molecule has 1 saturated heterocycles. The number of halogens is 1. The van der Waals surface area contributed by atoms with Crippen molar-refractivity contribution in [1.29, 1.82) is 0 Å². The summed E-state index contributed by atoms with van der Waals surface area (Å²) >= 11 is 2.40. The molecule has 1 fully saturated rings. The summed E-state index contributed by atoms with van der Waals surface area (Å²) in [6.07, 6.45) is 0.662. The number of carbonyl (C=O) groups is 2. The number of amides is 1. The van der Waals surface area contributed by atoms with Crippen LogP contribution in [0.2, 0.25) is 0 Å². The lowest BCUT2D eigenvalue weighted by Crippen LogP contribution is -2.29. The second-order valence-corrected chi connectivity index (χ2v) is 13.4. The number of hydrogen-bond donors (Lipinski definition) is 1. The van der Waals surface area contributed by atoms with Crippen molar-refractivity contribution in [2.45, 2.75) is 42.2 Å². The van der Waals surface area contributed by atoms with E-state index in [2.05, 4.69) is 10.2 Å². The number of rotatable bonds is 9. The predicted octanol–water partition coefficient (Wildman–Crippen LogP) is 7.50. The van der Waals surface area contributed by atoms with Crippen LogP contribution in [-0.4, -0.2) is 33.1 Å². The number of carbonyl (C=O) groups excluding carboxylic acids is 2. The van der Waals surface area contributed by atoms with E-state index in [1.54, 1.807) is 60.7 Å². The van der Waals surface area contributed by atoms with Gasteiger partial charge in [0.15, 0.2) is 4.34 Å². The molecular weight excluding hydrogens is 638 g/mol. The van der Waals surface area contributed by atoms with Crippen molar-refractivity contribution < 1.29 is 28.6 Å². The fourth-order valence-electron chi connectivity index (χ4n) is 5.67. The van der Waals surface area contributed by atoms with Crippen LogP contribution in [0.25, 0.3) is 5.76 Å². The molecule has 11 heteroatoms. The Morgan fingerprint density at radius 1 is 1.02 bits per heavy atom. The van der Waals surface area contributed by atoms with Crippen molar-refractivity contribution in [3.05, 3.63) is 136 Å². The van der Waals surface area contributed by atoms with Gasteiger partial charge in [-0.05, 0) is 65.6 Å². The van der Waals surface area contributed by atoms with Gasteiger partial charge in [-0.25, -0.2) is 4.39 Å². The van der Waals surface area contributed by atoms with Crippen LogP contribution in [0.4, 0.5) is 9.52 Å². The van der Waals surface area contributed by atoms with E-state index in [0.717, 1.165) is 28.2 Å². The van der Waals surface area contributed by atoms with Crippen LogP contribution in [0.1, 0.15) is 40.8 Å². The maximum absolute atomic E-state index is 14.2. The zero-order valence-corrected chi connectivity index (χ0v) is 26.8. The highest BCUT2D eigenvalue weighted by Crippen LogP contribution is 2.45. The van der Waals surface area contributed by atoms with E-state index in [9.17, 15) is 19.1 Å². The predicted molar refractivity (Wildman–Crippen MR) is 178 cm³/mol. The highest BCUT2D eigenvalue weighted by molar-refractivity contribution is 8.00. The van der Waals surface area contributed by atoms with Gasteiger partial charge in [0.1, 0.15) is 35.8 Å². The Kier molecular flexibility index (Phi) is 8.48. The summed E-state index contributed by atoms with van der Waals surface area (Å²) in [5.74, 6) is -0.634. The van der Waals surface area contributed by atoms with Crippen LogP contribution in [0, 0.1) is 5.82 Å². The highest BCUT2D eigenvalue weighted by atomic mass is 32.2. The normalized spacial score (nSPS) is 18.3. The minimum Gasteiger partial charge on any atom is -0.507 e. The Labute approximate surface area is 278 Å². The number of ether oxygens (including phenoxy) is 2. The number of fused-ring (bicyclic) bond motifs is 1. The SMILES string of the molecule is CC1Cc2cc(/C(O)=C3\C(=O)C(=O)N(c4nnc(SCc5ccccc5F)s4)C3c3ccc(OCc4ccccc4)cc3)ccc2O1. The molecule has 8 nitrogen and oxygen atoms in total. The van der Waals surface area contributed by atoms with Crippen LogP contribution in [0.3, 0.4) is 0 Å². The second kappa shape index (κ2) is 13.0. The van der Waals surface area contributed by atoms with Crippen molar-refractivity contribution in [3.8, 4) is 11.5 Å². The van der Waals surface area contributed by atoms with Crippen molar-refractivity contribution in [1.82, 2.24) is 10.2 Å². The molecule has 0 aliphatic carbocycles. The quantitative estimate of drug-likeness (QED) is 0.0568. The smallest absolute Gasteiger partial charge is 0.301 e. The molecule has 3 heterocycles. The first-order valence-corrected chi connectivity index (χ1v) is 16.7. The van der Waals surface area contributed by atoms with E-state index in [1.165, 1.54) is 22.7 Å². The lowest BCUT2D eigenvalue weighted by molar-refractivity contribution is -0.132. The number of anilines is 1. The number of aromatic nitrogens is 2. The molecule has 0 spiro atoms. The molecule has 7 rings (SSSR count). The lowest BCUT2D eigenvalue weighted by atomic mass is 9.94. The Hall–Kier alpha value is -5.00. The molecule has 236 valence electrons. The number of nitrogens with zero attached hydrogens (tertiary/aromatic N) is 3. The van der Waals surface area contributed by atoms with Crippen LogP contribution in [0.5, 0.6) is 11.5 Å². The van der Waals surface area contributed by atoms with Gasteiger partial charge < -0.3 is 14.6 Å². The summed E-state index contributed by atoms with van der Waals surface area (Å²) in [5.41, 5.74) is 3.36. The fourth-order valence-corrected chi connectivity index (χ4v) is 7.52. The molecular formula is C36H28FN3O5S2. The molecule has 2 aliphatic rings. The van der Waals surface area contributed by atoms with Gasteiger partial charge in [-0.15, -0.1) is 10.2 Å². The third kappa shape index (κ3) is 6.24. The lowest BCUT2D eigenvalue weighted by Gasteiger charge is -2.22. The number of Topliss-reactive ketones (excluding diaryl/α,β-unsaturated/α-hetero) is 1. The third-order valence-corrected chi connectivity index (χ3v) is 10.1. The van der Waals surface area contributed by atoms with Gasteiger partial charge in [0, 0.05) is 17.7 Å². The molecule has 47 heavy (non-hydrogen) atoms. The van der Waals surface area contributed by atoms with E-state index in [4.69, 9.17) is 9.47 Å². The first-order valence-electron chi connectivity index (χ1n) is 14.9. The molecule has 2 aliphatic heterocycles. The average molecular weight is 666 g/mol. The zero-order valence-electron chi connectivity index (χ0n) is 25.1. The molecule has 5 aromatic rings. The Morgan fingerprint density at radius 2 is 1.79 bits per heavy atom. The molecule has 4 aromatic carbocycles. The minimum atomic E-state index is -0.987. The second-order valence-electron chi connectivity index (χ2n) is 11.2. The van der Waals surface area contributed by atoms with Gasteiger partial charge in [-0.2, -0.15) is 0 Å². The van der Waals surface area contributed by atoms with E-state index in [1.807, 2.05) is 37.3 Å². The van der Waals surface area contributed by atoms with Gasteiger partial charge >= 0.3 is 5.91 Å². The van der Waals surface area contributed by atoms with Gasteiger partial charge in [0.25, 0.3) is 5.78 Å². The number of aliphatic hydroxyl groups excluding tert-OH is 1. The van der Waals surface area contributed by atoms with E-state index in [-0.39, 0.29) is 28.4 Å². The number of benzene rings is 4. The molecule has 0 bridgehead atoms. The Morgan fingerprint density at radius 3 is 2.57 bits per heavy atom. The van der Waals surface area contributed by atoms with Crippen LogP contribution in [-0.2, 0) is 28.4 Å². The van der Waals surface area contributed by atoms with Crippen LogP contribution in [0.15, 0.2) is 107 Å². The van der Waals surface area contributed by atoms with E-state index < -0.39 is 17.7 Å². The topological polar surface area (TPSA) is 102 Å². The van der Waals surface area contributed by atoms with E-state index >= 15 is 0 Å². The van der Waals surface area contributed by atoms with Gasteiger partial charge in [-0.1, -0.05) is 83.8 Å². The first kappa shape index (κ1) is 30.6. The van der Waals surface area contributed by atoms with Crippen molar-refractivity contribution in [2.75, 3.05) is 4.90 Å². The van der Waals surface area contributed by atoms with E-state index in [0.29, 0.717) is 45.6 Å². The third-order valence-electron chi connectivity index (χ3n) is 7.97. The summed E-state index contributed by atoms with van der Waals surface area (Å²) in [6, 6.07) is 27.6. The maximum atomic E-state index is 14.2. The molecule has 1 aromatic heterocycles. The average Bonchev–Trinajstić information content (AvgIpc) is 3.78. The van der Waals surface area contributed by atoms with Crippen molar-refractivity contribution in [3.63, 3.8) is 0 Å². The number of ketones is 1. The number of thioether (sulfide) groups is 1. The summed E-state index contributed by atoms with van der Waals surface area (Å²) in [5, 5.41) is 20.3. The van der Waals surface area contributed by atoms with Crippen molar-refractivity contribution >= 4 is 45.7 Å². The van der Waals surface area contributed by atoms with Gasteiger partial charge in [0.05, 0.1) is 11.6 Å². The van der Waals surface area contributed by atoms with Crippen LogP contribution >= 0.6 is 23.1 Å². The Balaban J connectivity index is 1.23. The summed E-state index contributed by atoms with van der Waals surface area (Å²) in [4.78, 5) is 28.7. The summed E-state index contributed by atoms with van der Waals surface area (Å²) < 4.78 is 26.5. The standard InChI is InChI=1S/C36H28FN3O5S2/c1-21-17-26-18-24(13-16-29(26)45-21)32(41)30-31(23-11-14-27(15-12-23)44-19-22-7-3-2-4-8-22)40(34(43)33(30)42)35-38-39-36(47-35)46-20-25-9-5-6-10-28(25)37/h2-16,18,21,31,41H,17,19-20H2,1H3/b32-30+. The Bertz CT molecular complexity index is 2000. The minimum absolute atomic E-state index is 0.00143. The summed E-state index contributed by atoms with van der Waals surface area (Å²) in [7, 11) is 0. The molecule has 1 N–H and O–H groups in total.